The molecule has 16 heavy (non-hydrogen) atoms. The van der Waals surface area contributed by atoms with Gasteiger partial charge >= 0.3 is 0 Å². The van der Waals surface area contributed by atoms with Crippen LogP contribution in [0.4, 0.5) is 0 Å². The van der Waals surface area contributed by atoms with Crippen LogP contribution >= 0.6 is 11.8 Å². The Morgan fingerprint density at radius 2 is 2.25 bits per heavy atom. The molecule has 0 aromatic carbocycles. The zero-order valence-electron chi connectivity index (χ0n) is 9.95. The molecule has 94 valence electrons. The lowest BCUT2D eigenvalue weighted by atomic mass is 10.4. The van der Waals surface area contributed by atoms with Crippen molar-refractivity contribution < 1.29 is 9.90 Å². The molecule has 0 atom stereocenters. The van der Waals surface area contributed by atoms with Crippen LogP contribution in [0.1, 0.15) is 19.3 Å². The van der Waals surface area contributed by atoms with Crippen LogP contribution in [0.3, 0.4) is 0 Å². The van der Waals surface area contributed by atoms with Crippen LogP contribution < -0.4 is 5.32 Å². The molecule has 0 spiro atoms. The van der Waals surface area contributed by atoms with Gasteiger partial charge in [0.2, 0.25) is 5.91 Å². The molecule has 1 fully saturated rings. The summed E-state index contributed by atoms with van der Waals surface area (Å²) in [4.78, 5) is 13.4. The highest BCUT2D eigenvalue weighted by Gasteiger charge is 2.28. The second kappa shape index (κ2) is 7.92. The maximum atomic E-state index is 11.6. The molecule has 0 saturated heterocycles. The van der Waals surface area contributed by atoms with Crippen LogP contribution in [0, 0.1) is 0 Å². The van der Waals surface area contributed by atoms with Crippen LogP contribution in [-0.2, 0) is 4.79 Å². The number of hydrogen-bond acceptors (Lipinski definition) is 4. The lowest BCUT2D eigenvalue weighted by Gasteiger charge is -2.16. The van der Waals surface area contributed by atoms with E-state index in [1.54, 1.807) is 0 Å². The first kappa shape index (κ1) is 13.8. The Bertz CT molecular complexity index is 210. The van der Waals surface area contributed by atoms with E-state index in [0.29, 0.717) is 12.6 Å². The average molecular weight is 246 g/mol. The molecule has 5 heteroatoms. The smallest absolute Gasteiger partial charge is 0.236 e. The molecule has 0 radical (unpaired) electrons. The zero-order chi connectivity index (χ0) is 11.8. The molecule has 0 aromatic rings. The van der Waals surface area contributed by atoms with Gasteiger partial charge in [0.1, 0.15) is 0 Å². The van der Waals surface area contributed by atoms with Gasteiger partial charge in [0.25, 0.3) is 0 Å². The molecule has 4 nitrogen and oxygen atoms in total. The lowest BCUT2D eigenvalue weighted by Crippen LogP contribution is -2.37. The van der Waals surface area contributed by atoms with Gasteiger partial charge in [-0.2, -0.15) is 11.8 Å². The minimum atomic E-state index is 0.197. The summed E-state index contributed by atoms with van der Waals surface area (Å²) in [7, 11) is 1.89. The van der Waals surface area contributed by atoms with E-state index in [1.807, 2.05) is 23.7 Å². The number of rotatable bonds is 9. The molecule has 0 unspecified atom stereocenters. The van der Waals surface area contributed by atoms with Crippen molar-refractivity contribution >= 4 is 17.7 Å². The van der Waals surface area contributed by atoms with Crippen molar-refractivity contribution in [2.75, 3.05) is 38.2 Å². The number of aliphatic hydroxyl groups is 1. The Morgan fingerprint density at radius 3 is 2.88 bits per heavy atom. The fourth-order valence-electron chi connectivity index (χ4n) is 1.40. The normalized spacial score (nSPS) is 15.1. The fraction of sp³-hybridized carbons (Fsp3) is 0.909. The number of hydrogen-bond donors (Lipinski definition) is 2. The Morgan fingerprint density at radius 1 is 1.50 bits per heavy atom. The van der Waals surface area contributed by atoms with Gasteiger partial charge in [-0.1, -0.05) is 0 Å². The van der Waals surface area contributed by atoms with Crippen molar-refractivity contribution in [2.24, 2.45) is 0 Å². The minimum absolute atomic E-state index is 0.197. The number of nitrogens with one attached hydrogen (secondary N) is 1. The molecule has 0 heterocycles. The van der Waals surface area contributed by atoms with E-state index < -0.39 is 0 Å². The van der Waals surface area contributed by atoms with Gasteiger partial charge in [0.15, 0.2) is 0 Å². The highest BCUT2D eigenvalue weighted by atomic mass is 32.2. The van der Waals surface area contributed by atoms with Gasteiger partial charge in [-0.15, -0.1) is 0 Å². The molecule has 1 aliphatic carbocycles. The number of thioether (sulfide) groups is 1. The third-order valence-corrected chi connectivity index (χ3v) is 3.70. The summed E-state index contributed by atoms with van der Waals surface area (Å²) in [5.74, 6) is 2.19. The van der Waals surface area contributed by atoms with Gasteiger partial charge in [-0.25, -0.2) is 0 Å². The monoisotopic (exact) mass is 246 g/mol. The summed E-state index contributed by atoms with van der Waals surface area (Å²) in [6.07, 6.45) is 3.19. The summed E-state index contributed by atoms with van der Waals surface area (Å²) in [6, 6.07) is 0.508. The third-order valence-electron chi connectivity index (χ3n) is 2.63. The predicted molar refractivity (Wildman–Crippen MR) is 67.7 cm³/mol. The lowest BCUT2D eigenvalue weighted by molar-refractivity contribution is -0.129. The number of amides is 1. The second-order valence-corrected chi connectivity index (χ2v) is 5.33. The summed E-state index contributed by atoms with van der Waals surface area (Å²) in [5, 5.41) is 11.7. The van der Waals surface area contributed by atoms with Crippen LogP contribution in [-0.4, -0.2) is 60.2 Å². The van der Waals surface area contributed by atoms with Gasteiger partial charge in [0.05, 0.1) is 6.54 Å². The molecule has 1 rings (SSSR count). The van der Waals surface area contributed by atoms with Gasteiger partial charge in [-0.3, -0.25) is 4.79 Å². The third kappa shape index (κ3) is 5.72. The van der Waals surface area contributed by atoms with Crippen molar-refractivity contribution in [1.82, 2.24) is 10.2 Å². The molecule has 2 N–H and O–H groups in total. The summed E-state index contributed by atoms with van der Waals surface area (Å²) >= 11 is 1.81. The quantitative estimate of drug-likeness (QED) is 0.575. The molecular weight excluding hydrogens is 224 g/mol. The fourth-order valence-corrected chi connectivity index (χ4v) is 2.22. The van der Waals surface area contributed by atoms with Crippen LogP contribution in [0.15, 0.2) is 0 Å². The largest absolute Gasteiger partial charge is 0.396 e. The Hall–Kier alpha value is -0.260. The van der Waals surface area contributed by atoms with E-state index in [0.717, 1.165) is 24.5 Å². The minimum Gasteiger partial charge on any atom is -0.396 e. The molecule has 1 aliphatic rings. The van der Waals surface area contributed by atoms with Crippen molar-refractivity contribution in [3.63, 3.8) is 0 Å². The summed E-state index contributed by atoms with van der Waals surface area (Å²) in [6.45, 7) is 1.58. The maximum Gasteiger partial charge on any atom is 0.236 e. The number of likely N-dealkylation sites (N-methyl/N-ethyl adjacent to an activating group) is 1. The average Bonchev–Trinajstić information content (AvgIpc) is 3.10. The van der Waals surface area contributed by atoms with Crippen LogP contribution in [0.2, 0.25) is 0 Å². The highest BCUT2D eigenvalue weighted by Crippen LogP contribution is 2.24. The molecule has 1 saturated carbocycles. The van der Waals surface area contributed by atoms with Crippen LogP contribution in [0.25, 0.3) is 0 Å². The summed E-state index contributed by atoms with van der Waals surface area (Å²) in [5.41, 5.74) is 0. The maximum absolute atomic E-state index is 11.6. The molecule has 0 bridgehead atoms. The van der Waals surface area contributed by atoms with E-state index in [-0.39, 0.29) is 12.5 Å². The zero-order valence-corrected chi connectivity index (χ0v) is 10.8. The van der Waals surface area contributed by atoms with Gasteiger partial charge in [0, 0.05) is 32.0 Å². The summed E-state index contributed by atoms with van der Waals surface area (Å²) < 4.78 is 0. The number of aliphatic hydroxyl groups excluding tert-OH is 1. The number of nitrogens with zero attached hydrogens (tertiary/aromatic N) is 1. The van der Waals surface area contributed by atoms with Crippen molar-refractivity contribution in [1.29, 1.82) is 0 Å². The number of carbonyl (C=O) groups excluding carboxylic acids is 1. The van der Waals surface area contributed by atoms with Gasteiger partial charge < -0.3 is 15.3 Å². The van der Waals surface area contributed by atoms with E-state index in [1.165, 1.54) is 12.8 Å². The topological polar surface area (TPSA) is 52.6 Å². The molecule has 1 amide bonds. The Balaban J connectivity index is 1.88. The van der Waals surface area contributed by atoms with E-state index in [4.69, 9.17) is 5.11 Å². The van der Waals surface area contributed by atoms with E-state index in [2.05, 4.69) is 5.32 Å². The van der Waals surface area contributed by atoms with Crippen molar-refractivity contribution in [2.45, 2.75) is 25.3 Å². The molecular formula is C11H22N2O2S. The first-order valence-electron chi connectivity index (χ1n) is 5.90. The number of carbonyl (C=O) groups is 1. The van der Waals surface area contributed by atoms with E-state index in [9.17, 15) is 4.79 Å². The first-order valence-corrected chi connectivity index (χ1v) is 7.06. The second-order valence-electron chi connectivity index (χ2n) is 4.10. The van der Waals surface area contributed by atoms with Gasteiger partial charge in [-0.05, 0) is 25.0 Å². The Kier molecular flexibility index (Phi) is 6.84. The predicted octanol–water partition coefficient (Wildman–Crippen LogP) is 0.312. The molecule has 0 aliphatic heterocycles. The van der Waals surface area contributed by atoms with Crippen LogP contribution in [0.5, 0.6) is 0 Å². The van der Waals surface area contributed by atoms with E-state index >= 15 is 0 Å². The first-order chi connectivity index (χ1) is 7.75. The molecule has 0 aromatic heterocycles. The Labute approximate surface area is 102 Å². The van der Waals surface area contributed by atoms with Crippen molar-refractivity contribution in [3.05, 3.63) is 0 Å². The highest BCUT2D eigenvalue weighted by molar-refractivity contribution is 7.99. The van der Waals surface area contributed by atoms with Crippen molar-refractivity contribution in [3.8, 4) is 0 Å². The SMILES string of the molecule is CN(C(=O)CNCCSCCCO)C1CC1. The standard InChI is InChI=1S/C11H22N2O2S/c1-13(10-3-4-10)11(15)9-12-5-8-16-7-2-6-14/h10,12,14H,2-9H2,1H3.